The highest BCUT2D eigenvalue weighted by Gasteiger charge is 2.32. The SMILES string of the molecule is CCOC(=O)COc1ccc(SCCCC2Cc3ccc(C(F)(F)F)cc3S2)cc1CC. The van der Waals surface area contributed by atoms with Gasteiger partial charge in [0.15, 0.2) is 6.61 Å². The van der Waals surface area contributed by atoms with Crippen molar-refractivity contribution in [3.63, 3.8) is 0 Å². The standard InChI is InChI=1S/C24H27F3O3S2/c1-3-16-12-19(9-10-21(16)30-15-23(28)29-4-2)31-11-5-6-20-13-17-7-8-18(24(25,26)27)14-22(17)32-20/h7-10,12,14,20H,3-6,11,13,15H2,1-2H3. The molecule has 2 aromatic rings. The van der Waals surface area contributed by atoms with E-state index >= 15 is 0 Å². The van der Waals surface area contributed by atoms with Gasteiger partial charge in [-0.05, 0) is 79.8 Å². The molecule has 0 radical (unpaired) electrons. The zero-order valence-electron chi connectivity index (χ0n) is 18.2. The summed E-state index contributed by atoms with van der Waals surface area (Å²) >= 11 is 3.33. The minimum Gasteiger partial charge on any atom is -0.482 e. The van der Waals surface area contributed by atoms with Crippen molar-refractivity contribution >= 4 is 29.5 Å². The molecule has 174 valence electrons. The fraction of sp³-hybridized carbons (Fsp3) is 0.458. The molecule has 0 fully saturated rings. The van der Waals surface area contributed by atoms with Gasteiger partial charge in [-0.2, -0.15) is 13.2 Å². The fourth-order valence-corrected chi connectivity index (χ4v) is 5.88. The molecular formula is C24H27F3O3S2. The third-order valence-electron chi connectivity index (χ3n) is 5.14. The summed E-state index contributed by atoms with van der Waals surface area (Å²) in [5.41, 5.74) is 1.49. The molecule has 3 rings (SSSR count). The molecule has 3 nitrogen and oxygen atoms in total. The van der Waals surface area contributed by atoms with E-state index in [1.807, 2.05) is 19.1 Å². The highest BCUT2D eigenvalue weighted by atomic mass is 32.2. The fourth-order valence-electron chi connectivity index (χ4n) is 3.54. The number of carbonyl (C=O) groups is 1. The lowest BCUT2D eigenvalue weighted by molar-refractivity contribution is -0.145. The second kappa shape index (κ2) is 11.4. The van der Waals surface area contributed by atoms with Crippen LogP contribution in [0, 0.1) is 0 Å². The summed E-state index contributed by atoms with van der Waals surface area (Å²) in [6.07, 6.45) is -0.708. The van der Waals surface area contributed by atoms with Crippen LogP contribution in [0.25, 0.3) is 0 Å². The summed E-state index contributed by atoms with van der Waals surface area (Å²) in [4.78, 5) is 13.4. The Bertz CT molecular complexity index is 931. The van der Waals surface area contributed by atoms with E-state index in [1.165, 1.54) is 12.1 Å². The van der Waals surface area contributed by atoms with Crippen LogP contribution in [0.15, 0.2) is 46.2 Å². The molecule has 1 atom stereocenters. The number of alkyl halides is 3. The van der Waals surface area contributed by atoms with E-state index in [4.69, 9.17) is 9.47 Å². The normalized spacial score (nSPS) is 15.5. The second-order valence-corrected chi connectivity index (χ2v) is 9.98. The lowest BCUT2D eigenvalue weighted by atomic mass is 10.1. The Labute approximate surface area is 195 Å². The number of thioether (sulfide) groups is 2. The molecule has 1 unspecified atom stereocenters. The first-order valence-corrected chi connectivity index (χ1v) is 12.6. The van der Waals surface area contributed by atoms with E-state index in [2.05, 4.69) is 6.07 Å². The number of hydrogen-bond acceptors (Lipinski definition) is 5. The Morgan fingerprint density at radius 2 is 2.00 bits per heavy atom. The van der Waals surface area contributed by atoms with Crippen LogP contribution >= 0.6 is 23.5 Å². The lowest BCUT2D eigenvalue weighted by Crippen LogP contribution is -2.15. The average molecular weight is 485 g/mol. The Kier molecular flexibility index (Phi) is 8.82. The van der Waals surface area contributed by atoms with Crippen LogP contribution in [0.5, 0.6) is 5.75 Å². The molecule has 0 aromatic heterocycles. The van der Waals surface area contributed by atoms with E-state index < -0.39 is 11.7 Å². The van der Waals surface area contributed by atoms with Gasteiger partial charge in [-0.15, -0.1) is 23.5 Å². The maximum absolute atomic E-state index is 12.9. The van der Waals surface area contributed by atoms with Crippen molar-refractivity contribution in [2.75, 3.05) is 19.0 Å². The molecule has 0 saturated carbocycles. The van der Waals surface area contributed by atoms with Crippen molar-refractivity contribution in [1.29, 1.82) is 0 Å². The largest absolute Gasteiger partial charge is 0.482 e. The van der Waals surface area contributed by atoms with Crippen LogP contribution in [0.2, 0.25) is 0 Å². The zero-order chi connectivity index (χ0) is 23.1. The van der Waals surface area contributed by atoms with Gasteiger partial charge in [-0.1, -0.05) is 13.0 Å². The topological polar surface area (TPSA) is 35.5 Å². The van der Waals surface area contributed by atoms with E-state index in [0.717, 1.165) is 52.4 Å². The summed E-state index contributed by atoms with van der Waals surface area (Å²) in [5.74, 6) is 1.26. The number of esters is 1. The molecule has 1 aliphatic heterocycles. The molecule has 1 heterocycles. The molecule has 32 heavy (non-hydrogen) atoms. The molecule has 0 N–H and O–H groups in total. The summed E-state index contributed by atoms with van der Waals surface area (Å²) in [6.45, 7) is 4.03. The molecule has 0 spiro atoms. The van der Waals surface area contributed by atoms with Crippen LogP contribution < -0.4 is 4.74 Å². The van der Waals surface area contributed by atoms with Crippen LogP contribution in [0.4, 0.5) is 13.2 Å². The zero-order valence-corrected chi connectivity index (χ0v) is 19.8. The molecule has 0 saturated heterocycles. The maximum atomic E-state index is 12.9. The van der Waals surface area contributed by atoms with Gasteiger partial charge in [-0.25, -0.2) is 4.79 Å². The van der Waals surface area contributed by atoms with Gasteiger partial charge in [0.1, 0.15) is 5.75 Å². The maximum Gasteiger partial charge on any atom is 0.416 e. The minimum absolute atomic E-state index is 0.0980. The Morgan fingerprint density at radius 3 is 2.72 bits per heavy atom. The van der Waals surface area contributed by atoms with Gasteiger partial charge in [0.2, 0.25) is 0 Å². The number of ether oxygens (including phenoxy) is 2. The first-order valence-electron chi connectivity index (χ1n) is 10.7. The van der Waals surface area contributed by atoms with Crippen LogP contribution in [0.3, 0.4) is 0 Å². The second-order valence-electron chi connectivity index (χ2n) is 7.47. The van der Waals surface area contributed by atoms with E-state index in [9.17, 15) is 18.0 Å². The molecule has 0 amide bonds. The van der Waals surface area contributed by atoms with Gasteiger partial charge in [0.05, 0.1) is 12.2 Å². The molecule has 0 bridgehead atoms. The van der Waals surface area contributed by atoms with Crippen molar-refractivity contribution in [2.45, 2.75) is 60.7 Å². The quantitative estimate of drug-likeness (QED) is 0.211. The van der Waals surface area contributed by atoms with Crippen LogP contribution in [-0.4, -0.2) is 30.2 Å². The molecular weight excluding hydrogens is 457 g/mol. The monoisotopic (exact) mass is 484 g/mol. The van der Waals surface area contributed by atoms with E-state index in [0.29, 0.717) is 17.6 Å². The minimum atomic E-state index is -4.29. The van der Waals surface area contributed by atoms with Crippen molar-refractivity contribution in [3.8, 4) is 5.75 Å². The summed E-state index contributed by atoms with van der Waals surface area (Å²) in [5, 5.41) is 0.332. The van der Waals surface area contributed by atoms with Crippen molar-refractivity contribution in [1.82, 2.24) is 0 Å². The Balaban J connectivity index is 1.45. The lowest BCUT2D eigenvalue weighted by Gasteiger charge is -2.12. The van der Waals surface area contributed by atoms with Crippen molar-refractivity contribution in [2.24, 2.45) is 0 Å². The van der Waals surface area contributed by atoms with Gasteiger partial charge in [0.25, 0.3) is 0 Å². The average Bonchev–Trinajstić information content (AvgIpc) is 3.17. The first-order chi connectivity index (χ1) is 15.3. The van der Waals surface area contributed by atoms with Gasteiger partial charge >= 0.3 is 12.1 Å². The van der Waals surface area contributed by atoms with E-state index in [1.54, 1.807) is 36.5 Å². The van der Waals surface area contributed by atoms with Gasteiger partial charge in [0, 0.05) is 15.0 Å². The number of fused-ring (bicyclic) bond motifs is 1. The third-order valence-corrected chi connectivity index (χ3v) is 7.59. The number of rotatable bonds is 10. The number of benzene rings is 2. The predicted octanol–water partition coefficient (Wildman–Crippen LogP) is 6.80. The third kappa shape index (κ3) is 6.85. The molecule has 1 aliphatic rings. The van der Waals surface area contributed by atoms with Gasteiger partial charge in [-0.3, -0.25) is 0 Å². The Hall–Kier alpha value is -1.80. The number of aryl methyl sites for hydroxylation is 1. The van der Waals surface area contributed by atoms with Crippen molar-refractivity contribution < 1.29 is 27.4 Å². The molecule has 0 aliphatic carbocycles. The number of carbonyl (C=O) groups excluding carboxylic acids is 1. The van der Waals surface area contributed by atoms with Crippen LogP contribution in [-0.2, 0) is 28.5 Å². The summed E-state index contributed by atoms with van der Waals surface area (Å²) in [6, 6.07) is 10.1. The van der Waals surface area contributed by atoms with Crippen LogP contribution in [0.1, 0.15) is 43.4 Å². The van der Waals surface area contributed by atoms with E-state index in [-0.39, 0.29) is 12.6 Å². The van der Waals surface area contributed by atoms with Crippen molar-refractivity contribution in [3.05, 3.63) is 53.1 Å². The number of halogens is 3. The molecule has 2 aromatic carbocycles. The number of hydrogen-bond donors (Lipinski definition) is 0. The highest BCUT2D eigenvalue weighted by Crippen LogP contribution is 2.42. The summed E-state index contributed by atoms with van der Waals surface area (Å²) in [7, 11) is 0. The molecule has 8 heteroatoms. The smallest absolute Gasteiger partial charge is 0.416 e. The Morgan fingerprint density at radius 1 is 1.19 bits per heavy atom. The van der Waals surface area contributed by atoms with Gasteiger partial charge < -0.3 is 9.47 Å². The summed E-state index contributed by atoms with van der Waals surface area (Å²) < 4.78 is 49.2. The highest BCUT2D eigenvalue weighted by molar-refractivity contribution is 8.00. The predicted molar refractivity (Wildman–Crippen MR) is 123 cm³/mol. The first kappa shape index (κ1) is 24.8.